The molecule has 4 rings (SSSR count). The molecule has 2 aliphatic heterocycles. The summed E-state index contributed by atoms with van der Waals surface area (Å²) >= 11 is 0. The smallest absolute Gasteiger partial charge is 0.325 e. The summed E-state index contributed by atoms with van der Waals surface area (Å²) < 4.78 is 16.4. The maximum absolute atomic E-state index is 13.0. The monoisotopic (exact) mass is 399 g/mol. The van der Waals surface area contributed by atoms with Gasteiger partial charge in [0.2, 0.25) is 5.91 Å². The first-order chi connectivity index (χ1) is 14.0. The molecule has 0 aliphatic carbocycles. The van der Waals surface area contributed by atoms with E-state index in [1.54, 1.807) is 37.3 Å². The zero-order valence-corrected chi connectivity index (χ0v) is 15.9. The topological polar surface area (TPSA) is 110 Å². The Hall–Kier alpha value is -3.49. The molecule has 0 bridgehead atoms. The summed E-state index contributed by atoms with van der Waals surface area (Å²) in [4.78, 5) is 38.5. The van der Waals surface area contributed by atoms with Crippen LogP contribution < -0.4 is 20.1 Å². The van der Waals surface area contributed by atoms with Crippen LogP contribution in [0.2, 0.25) is 0 Å². The van der Waals surface area contributed by atoms with Crippen LogP contribution in [0.15, 0.2) is 41.0 Å². The van der Waals surface area contributed by atoms with Crippen molar-refractivity contribution in [1.82, 2.24) is 15.5 Å². The largest absolute Gasteiger partial charge is 0.490 e. The number of nitrogens with zero attached hydrogens (tertiary/aromatic N) is 1. The number of furan rings is 1. The average molecular weight is 399 g/mol. The zero-order chi connectivity index (χ0) is 20.4. The lowest BCUT2D eigenvalue weighted by Crippen LogP contribution is -2.43. The van der Waals surface area contributed by atoms with Crippen LogP contribution in [0, 0.1) is 0 Å². The highest BCUT2D eigenvalue weighted by Crippen LogP contribution is 2.36. The van der Waals surface area contributed by atoms with Gasteiger partial charge < -0.3 is 24.5 Å². The fourth-order valence-electron chi connectivity index (χ4n) is 3.31. The summed E-state index contributed by atoms with van der Waals surface area (Å²) in [7, 11) is 0. The molecule has 4 amide bonds. The van der Waals surface area contributed by atoms with Gasteiger partial charge in [-0.2, -0.15) is 0 Å². The van der Waals surface area contributed by atoms with Gasteiger partial charge in [0.25, 0.3) is 5.91 Å². The number of benzene rings is 1. The van der Waals surface area contributed by atoms with Crippen molar-refractivity contribution in [3.8, 4) is 11.5 Å². The van der Waals surface area contributed by atoms with Crippen molar-refractivity contribution in [3.05, 3.63) is 47.9 Å². The molecular weight excluding hydrogens is 378 g/mol. The van der Waals surface area contributed by atoms with Crippen molar-refractivity contribution in [2.45, 2.75) is 25.4 Å². The molecular formula is C20H21N3O6. The van der Waals surface area contributed by atoms with Gasteiger partial charge in [0.15, 0.2) is 11.5 Å². The van der Waals surface area contributed by atoms with E-state index in [1.807, 2.05) is 0 Å². The van der Waals surface area contributed by atoms with Crippen LogP contribution >= 0.6 is 0 Å². The number of urea groups is 1. The van der Waals surface area contributed by atoms with Crippen LogP contribution in [0.5, 0.6) is 11.5 Å². The number of fused-ring (bicyclic) bond motifs is 1. The summed E-state index contributed by atoms with van der Waals surface area (Å²) in [5.41, 5.74) is -0.748. The zero-order valence-electron chi connectivity index (χ0n) is 15.9. The second-order valence-electron chi connectivity index (χ2n) is 7.01. The summed E-state index contributed by atoms with van der Waals surface area (Å²) in [6, 6.07) is 7.93. The van der Waals surface area contributed by atoms with E-state index in [-0.39, 0.29) is 13.1 Å². The van der Waals surface area contributed by atoms with E-state index in [0.29, 0.717) is 36.0 Å². The highest BCUT2D eigenvalue weighted by molar-refractivity contribution is 6.09. The van der Waals surface area contributed by atoms with Crippen LogP contribution in [-0.4, -0.2) is 42.5 Å². The third-order valence-corrected chi connectivity index (χ3v) is 4.94. The number of hydrogen-bond donors (Lipinski definition) is 2. The van der Waals surface area contributed by atoms with E-state index >= 15 is 0 Å². The molecule has 1 saturated heterocycles. The number of carbonyl (C=O) groups excluding carboxylic acids is 3. The summed E-state index contributed by atoms with van der Waals surface area (Å²) in [5.74, 6) is 0.726. The van der Waals surface area contributed by atoms with E-state index in [2.05, 4.69) is 10.6 Å². The lowest BCUT2D eigenvalue weighted by molar-refractivity contribution is -0.134. The number of amides is 4. The Kier molecular flexibility index (Phi) is 4.87. The minimum atomic E-state index is -1.30. The van der Waals surface area contributed by atoms with Crippen molar-refractivity contribution in [2.24, 2.45) is 0 Å². The quantitative estimate of drug-likeness (QED) is 0.738. The number of carbonyl (C=O) groups is 3. The van der Waals surface area contributed by atoms with Gasteiger partial charge in [0, 0.05) is 6.42 Å². The van der Waals surface area contributed by atoms with Crippen molar-refractivity contribution in [1.29, 1.82) is 0 Å². The van der Waals surface area contributed by atoms with Gasteiger partial charge in [-0.1, -0.05) is 6.07 Å². The minimum absolute atomic E-state index is 0.176. The highest BCUT2D eigenvalue weighted by atomic mass is 16.5. The Morgan fingerprint density at radius 2 is 2.00 bits per heavy atom. The molecule has 0 unspecified atom stereocenters. The van der Waals surface area contributed by atoms with Gasteiger partial charge >= 0.3 is 6.03 Å². The molecule has 1 aromatic heterocycles. The van der Waals surface area contributed by atoms with Crippen LogP contribution in [0.25, 0.3) is 0 Å². The second-order valence-corrected chi connectivity index (χ2v) is 7.01. The first-order valence-electron chi connectivity index (χ1n) is 9.31. The molecule has 9 heteroatoms. The Morgan fingerprint density at radius 1 is 1.21 bits per heavy atom. The number of rotatable bonds is 5. The Labute approximate surface area is 166 Å². The van der Waals surface area contributed by atoms with Crippen molar-refractivity contribution in [3.63, 3.8) is 0 Å². The number of ether oxygens (including phenoxy) is 2. The van der Waals surface area contributed by atoms with Crippen LogP contribution in [-0.2, 0) is 21.7 Å². The lowest BCUT2D eigenvalue weighted by atomic mass is 9.91. The molecule has 0 spiro atoms. The normalized spacial score (nSPS) is 20.9. The molecule has 2 N–H and O–H groups in total. The first-order valence-corrected chi connectivity index (χ1v) is 9.31. The molecule has 152 valence electrons. The Bertz CT molecular complexity index is 942. The van der Waals surface area contributed by atoms with Gasteiger partial charge in [-0.05, 0) is 36.8 Å². The molecule has 1 aromatic carbocycles. The van der Waals surface area contributed by atoms with Gasteiger partial charge in [0.05, 0.1) is 26.0 Å². The van der Waals surface area contributed by atoms with Crippen LogP contribution in [0.1, 0.15) is 24.7 Å². The number of nitrogens with one attached hydrogen (secondary N) is 2. The van der Waals surface area contributed by atoms with E-state index in [1.165, 1.54) is 6.26 Å². The van der Waals surface area contributed by atoms with E-state index < -0.39 is 23.4 Å². The van der Waals surface area contributed by atoms with Crippen LogP contribution in [0.3, 0.4) is 0 Å². The number of imide groups is 1. The first kappa shape index (κ1) is 18.9. The third-order valence-electron chi connectivity index (χ3n) is 4.94. The molecule has 2 aromatic rings. The van der Waals surface area contributed by atoms with Crippen molar-refractivity contribution >= 4 is 17.8 Å². The number of hydrogen-bond acceptors (Lipinski definition) is 6. The van der Waals surface area contributed by atoms with Gasteiger partial charge in [-0.15, -0.1) is 0 Å². The molecule has 0 saturated carbocycles. The maximum Gasteiger partial charge on any atom is 0.325 e. The van der Waals surface area contributed by atoms with Crippen molar-refractivity contribution in [2.75, 3.05) is 19.8 Å². The highest BCUT2D eigenvalue weighted by Gasteiger charge is 2.49. The summed E-state index contributed by atoms with van der Waals surface area (Å²) in [6.07, 6.45) is 2.26. The molecule has 1 fully saturated rings. The molecule has 3 heterocycles. The molecule has 29 heavy (non-hydrogen) atoms. The summed E-state index contributed by atoms with van der Waals surface area (Å²) in [5, 5.41) is 5.31. The third kappa shape index (κ3) is 3.63. The predicted octanol–water partition coefficient (Wildman–Crippen LogP) is 1.52. The Morgan fingerprint density at radius 3 is 2.76 bits per heavy atom. The van der Waals surface area contributed by atoms with E-state index in [0.717, 1.165) is 11.3 Å². The van der Waals surface area contributed by atoms with Gasteiger partial charge in [-0.25, -0.2) is 4.79 Å². The molecule has 9 nitrogen and oxygen atoms in total. The van der Waals surface area contributed by atoms with E-state index in [4.69, 9.17) is 13.9 Å². The Balaban J connectivity index is 1.48. The molecule has 1 atom stereocenters. The molecule has 0 radical (unpaired) electrons. The standard InChI is InChI=1S/C20H21N3O6/c1-20(13-5-6-15-16(10-13)29-9-3-8-28-15)18(25)23(19(26)22-20)12-17(24)21-11-14-4-2-7-27-14/h2,4-7,10H,3,8-9,11-12H2,1H3,(H,21,24)(H,22,26)/t20-/m1/s1. The minimum Gasteiger partial charge on any atom is -0.490 e. The summed E-state index contributed by atoms with van der Waals surface area (Å²) in [6.45, 7) is 2.46. The van der Waals surface area contributed by atoms with Gasteiger partial charge in [0.1, 0.15) is 17.8 Å². The van der Waals surface area contributed by atoms with Crippen molar-refractivity contribution < 1.29 is 28.3 Å². The van der Waals surface area contributed by atoms with Gasteiger partial charge in [-0.3, -0.25) is 14.5 Å². The van der Waals surface area contributed by atoms with E-state index in [9.17, 15) is 14.4 Å². The molecule has 2 aliphatic rings. The predicted molar refractivity (Wildman–Crippen MR) is 100 cm³/mol. The maximum atomic E-state index is 13.0. The fourth-order valence-corrected chi connectivity index (χ4v) is 3.31. The fraction of sp³-hybridized carbons (Fsp3) is 0.350. The average Bonchev–Trinajstić information content (AvgIpc) is 3.21. The lowest BCUT2D eigenvalue weighted by Gasteiger charge is -2.23. The SMILES string of the molecule is C[C@]1(c2ccc3c(c2)OCCCO3)NC(=O)N(CC(=O)NCc2ccco2)C1=O. The van der Waals surface area contributed by atoms with Crippen LogP contribution in [0.4, 0.5) is 4.79 Å². The second kappa shape index (κ2) is 7.50.